The summed E-state index contributed by atoms with van der Waals surface area (Å²) < 4.78 is 5.49. The van der Waals surface area contributed by atoms with Crippen molar-refractivity contribution in [3.8, 4) is 0 Å². The fraction of sp³-hybridized carbons (Fsp3) is 0.267. The molecule has 0 radical (unpaired) electrons. The van der Waals surface area contributed by atoms with Crippen molar-refractivity contribution in [3.05, 3.63) is 48.0 Å². The summed E-state index contributed by atoms with van der Waals surface area (Å²) in [5, 5.41) is 11.4. The summed E-state index contributed by atoms with van der Waals surface area (Å²) in [5.41, 5.74) is -0.620. The van der Waals surface area contributed by atoms with Gasteiger partial charge in [-0.1, -0.05) is 42.5 Å². The predicted octanol–water partition coefficient (Wildman–Crippen LogP) is 3.18. The van der Waals surface area contributed by atoms with Gasteiger partial charge in [0.05, 0.1) is 0 Å². The molecule has 2 rings (SSSR count). The number of ether oxygens (including phenoxy) is 1. The van der Waals surface area contributed by atoms with E-state index in [9.17, 15) is 9.90 Å². The van der Waals surface area contributed by atoms with Gasteiger partial charge < -0.3 is 9.84 Å². The first-order valence-electron chi connectivity index (χ1n) is 5.95. The van der Waals surface area contributed by atoms with Crippen molar-refractivity contribution in [2.45, 2.75) is 19.4 Å². The van der Waals surface area contributed by atoms with Crippen LogP contribution in [-0.4, -0.2) is 17.7 Å². The Morgan fingerprint density at radius 3 is 2.56 bits per heavy atom. The van der Waals surface area contributed by atoms with Crippen LogP contribution in [-0.2, 0) is 15.1 Å². The summed E-state index contributed by atoms with van der Waals surface area (Å²) in [6, 6.07) is 13.4. The van der Waals surface area contributed by atoms with Crippen LogP contribution < -0.4 is 0 Å². The third kappa shape index (κ3) is 1.97. The van der Waals surface area contributed by atoms with Crippen LogP contribution in [0.4, 0.5) is 0 Å². The fourth-order valence-electron chi connectivity index (χ4n) is 2.18. The molecule has 18 heavy (non-hydrogen) atoms. The summed E-state index contributed by atoms with van der Waals surface area (Å²) in [7, 11) is 0. The molecule has 3 nitrogen and oxygen atoms in total. The number of aliphatic carboxylic acids is 1. The fourth-order valence-corrected chi connectivity index (χ4v) is 2.18. The van der Waals surface area contributed by atoms with Gasteiger partial charge in [0.2, 0.25) is 0 Å². The van der Waals surface area contributed by atoms with Crippen LogP contribution in [0.1, 0.15) is 19.4 Å². The zero-order valence-corrected chi connectivity index (χ0v) is 10.5. The van der Waals surface area contributed by atoms with E-state index in [1.165, 1.54) is 0 Å². The Morgan fingerprint density at radius 2 is 1.89 bits per heavy atom. The minimum Gasteiger partial charge on any atom is -0.479 e. The van der Waals surface area contributed by atoms with Crippen molar-refractivity contribution in [3.63, 3.8) is 0 Å². The molecule has 1 atom stereocenters. The molecular formula is C15H16O3. The molecule has 0 spiro atoms. The van der Waals surface area contributed by atoms with Crippen LogP contribution in [0.25, 0.3) is 10.8 Å². The molecule has 2 aromatic rings. The third-order valence-electron chi connectivity index (χ3n) is 3.14. The molecule has 1 unspecified atom stereocenters. The van der Waals surface area contributed by atoms with Gasteiger partial charge >= 0.3 is 5.97 Å². The van der Waals surface area contributed by atoms with Gasteiger partial charge in [0.15, 0.2) is 5.60 Å². The summed E-state index contributed by atoms with van der Waals surface area (Å²) in [6.07, 6.45) is 0. The molecule has 0 aliphatic heterocycles. The Hall–Kier alpha value is -1.87. The number of benzene rings is 2. The van der Waals surface area contributed by atoms with Crippen molar-refractivity contribution in [1.29, 1.82) is 0 Å². The first kappa shape index (κ1) is 12.6. The van der Waals surface area contributed by atoms with Gasteiger partial charge in [0.1, 0.15) is 0 Å². The average Bonchev–Trinajstić information content (AvgIpc) is 2.38. The monoisotopic (exact) mass is 244 g/mol. The highest BCUT2D eigenvalue weighted by Gasteiger charge is 2.37. The number of carboxylic acid groups (broad SMARTS) is 1. The van der Waals surface area contributed by atoms with Crippen LogP contribution in [0.3, 0.4) is 0 Å². The molecule has 0 heterocycles. The van der Waals surface area contributed by atoms with Crippen molar-refractivity contribution >= 4 is 16.7 Å². The van der Waals surface area contributed by atoms with Crippen LogP contribution in [0.15, 0.2) is 42.5 Å². The van der Waals surface area contributed by atoms with Crippen LogP contribution in [0.2, 0.25) is 0 Å². The lowest BCUT2D eigenvalue weighted by Gasteiger charge is -2.26. The lowest BCUT2D eigenvalue weighted by atomic mass is 9.90. The second-order valence-corrected chi connectivity index (χ2v) is 4.30. The maximum Gasteiger partial charge on any atom is 0.340 e. The van der Waals surface area contributed by atoms with Gasteiger partial charge in [0.25, 0.3) is 0 Å². The highest BCUT2D eigenvalue weighted by Crippen LogP contribution is 2.32. The van der Waals surface area contributed by atoms with E-state index in [1.54, 1.807) is 13.8 Å². The van der Waals surface area contributed by atoms with E-state index < -0.39 is 11.6 Å². The number of carbonyl (C=O) groups is 1. The Morgan fingerprint density at radius 1 is 1.22 bits per heavy atom. The molecule has 2 aromatic carbocycles. The van der Waals surface area contributed by atoms with Crippen LogP contribution in [0.5, 0.6) is 0 Å². The number of fused-ring (bicyclic) bond motifs is 1. The lowest BCUT2D eigenvalue weighted by molar-refractivity contribution is -0.164. The maximum atomic E-state index is 11.5. The maximum absolute atomic E-state index is 11.5. The zero-order valence-electron chi connectivity index (χ0n) is 10.5. The van der Waals surface area contributed by atoms with E-state index >= 15 is 0 Å². The number of hydrogen-bond donors (Lipinski definition) is 1. The lowest BCUT2D eigenvalue weighted by Crippen LogP contribution is -2.35. The highest BCUT2D eigenvalue weighted by atomic mass is 16.5. The van der Waals surface area contributed by atoms with Gasteiger partial charge in [-0.25, -0.2) is 4.79 Å². The first-order chi connectivity index (χ1) is 8.59. The average molecular weight is 244 g/mol. The molecule has 1 N–H and O–H groups in total. The molecule has 94 valence electrons. The van der Waals surface area contributed by atoms with E-state index in [0.717, 1.165) is 10.8 Å². The highest BCUT2D eigenvalue weighted by molar-refractivity contribution is 5.92. The summed E-state index contributed by atoms with van der Waals surface area (Å²) in [4.78, 5) is 11.5. The topological polar surface area (TPSA) is 46.5 Å². The molecular weight excluding hydrogens is 228 g/mol. The largest absolute Gasteiger partial charge is 0.479 e. The predicted molar refractivity (Wildman–Crippen MR) is 70.6 cm³/mol. The Kier molecular flexibility index (Phi) is 3.34. The molecule has 0 saturated heterocycles. The minimum atomic E-state index is -1.31. The van der Waals surface area contributed by atoms with Gasteiger partial charge in [0, 0.05) is 12.2 Å². The van der Waals surface area contributed by atoms with Crippen molar-refractivity contribution in [1.82, 2.24) is 0 Å². The Bertz CT molecular complexity index is 571. The summed E-state index contributed by atoms with van der Waals surface area (Å²) in [6.45, 7) is 3.75. The number of hydrogen-bond acceptors (Lipinski definition) is 2. The van der Waals surface area contributed by atoms with E-state index in [0.29, 0.717) is 12.2 Å². The van der Waals surface area contributed by atoms with Gasteiger partial charge in [-0.3, -0.25) is 0 Å². The SMILES string of the molecule is CCOC(C)(C(=O)O)c1cccc2ccccc12. The quantitative estimate of drug-likeness (QED) is 0.898. The van der Waals surface area contributed by atoms with Crippen molar-refractivity contribution in [2.75, 3.05) is 6.61 Å². The molecule has 0 aromatic heterocycles. The zero-order chi connectivity index (χ0) is 13.2. The summed E-state index contributed by atoms with van der Waals surface area (Å²) >= 11 is 0. The minimum absolute atomic E-state index is 0.353. The van der Waals surface area contributed by atoms with Crippen molar-refractivity contribution in [2.24, 2.45) is 0 Å². The Labute approximate surface area is 106 Å². The Balaban J connectivity index is 2.68. The van der Waals surface area contributed by atoms with Crippen LogP contribution >= 0.6 is 0 Å². The second kappa shape index (κ2) is 4.78. The molecule has 0 bridgehead atoms. The van der Waals surface area contributed by atoms with Gasteiger partial charge in [-0.05, 0) is 24.6 Å². The third-order valence-corrected chi connectivity index (χ3v) is 3.14. The molecule has 0 saturated carbocycles. The van der Waals surface area contributed by atoms with E-state index in [4.69, 9.17) is 4.74 Å². The number of rotatable bonds is 4. The van der Waals surface area contributed by atoms with Crippen LogP contribution in [0, 0.1) is 0 Å². The normalized spacial score (nSPS) is 14.3. The molecule has 0 aliphatic carbocycles. The standard InChI is InChI=1S/C15H16O3/c1-3-18-15(2,14(16)17)13-10-6-8-11-7-4-5-9-12(11)13/h4-10H,3H2,1-2H3,(H,16,17). The molecule has 3 heteroatoms. The molecule has 0 amide bonds. The second-order valence-electron chi connectivity index (χ2n) is 4.30. The first-order valence-corrected chi connectivity index (χ1v) is 5.95. The summed E-state index contributed by atoms with van der Waals surface area (Å²) in [5.74, 6) is -0.972. The van der Waals surface area contributed by atoms with Crippen molar-refractivity contribution < 1.29 is 14.6 Å². The van der Waals surface area contributed by atoms with E-state index in [2.05, 4.69) is 0 Å². The van der Waals surface area contributed by atoms with E-state index in [-0.39, 0.29) is 0 Å². The smallest absolute Gasteiger partial charge is 0.340 e. The van der Waals surface area contributed by atoms with E-state index in [1.807, 2.05) is 42.5 Å². The van der Waals surface area contributed by atoms with Gasteiger partial charge in [-0.15, -0.1) is 0 Å². The number of carboxylic acids is 1. The molecule has 0 fully saturated rings. The molecule has 0 aliphatic rings. The van der Waals surface area contributed by atoms with Gasteiger partial charge in [-0.2, -0.15) is 0 Å².